The number of nitrogens with one attached hydrogen (secondary N) is 4. The minimum absolute atomic E-state index is 0.0233. The van der Waals surface area contributed by atoms with Crippen molar-refractivity contribution >= 4 is 17.5 Å². The summed E-state index contributed by atoms with van der Waals surface area (Å²) in [7, 11) is 2.19. The minimum atomic E-state index is -0.109. The fourth-order valence-electron chi connectivity index (χ4n) is 3.46. The van der Waals surface area contributed by atoms with Gasteiger partial charge in [0.15, 0.2) is 6.54 Å². The van der Waals surface area contributed by atoms with E-state index in [0.29, 0.717) is 18.7 Å². The van der Waals surface area contributed by atoms with Gasteiger partial charge >= 0.3 is 0 Å². The molecule has 2 amide bonds. The van der Waals surface area contributed by atoms with Crippen molar-refractivity contribution < 1.29 is 24.1 Å². The molecule has 0 saturated carbocycles. The van der Waals surface area contributed by atoms with Crippen molar-refractivity contribution in [2.24, 2.45) is 0 Å². The number of hydrogen-bond acceptors (Lipinski definition) is 3. The predicted molar refractivity (Wildman–Crippen MR) is 98.6 cm³/mol. The first-order chi connectivity index (χ1) is 12.6. The average molecular weight is 362 g/mol. The summed E-state index contributed by atoms with van der Waals surface area (Å²) in [5.74, 6) is -0.0853. The summed E-state index contributed by atoms with van der Waals surface area (Å²) < 4.78 is 5.50. The van der Waals surface area contributed by atoms with E-state index in [1.165, 1.54) is 9.80 Å². The molecule has 0 spiro atoms. The molecule has 2 heterocycles. The first-order valence-electron chi connectivity index (χ1n) is 9.55. The standard InChI is InChI=1S/C19H28N4O3/c1-22-8-10-23(11-9-22)14-18(24)21-16-6-4-15(5-7-16)19(25)20-13-17-3-2-12-26-17/h4-7,17H,2-3,8-14H2,1H3,(H,20,25)(H,21,24)/p+2/t17-/m1/s1. The molecule has 2 saturated heterocycles. The molecule has 4 N–H and O–H groups in total. The van der Waals surface area contributed by atoms with E-state index in [2.05, 4.69) is 17.7 Å². The first-order valence-corrected chi connectivity index (χ1v) is 9.55. The van der Waals surface area contributed by atoms with E-state index in [1.807, 2.05) is 0 Å². The minimum Gasteiger partial charge on any atom is -0.376 e. The molecule has 2 fully saturated rings. The quantitative estimate of drug-likeness (QED) is 0.471. The maximum atomic E-state index is 12.2. The van der Waals surface area contributed by atoms with Crippen LogP contribution < -0.4 is 20.4 Å². The van der Waals surface area contributed by atoms with Crippen LogP contribution >= 0.6 is 0 Å². The molecular weight excluding hydrogens is 332 g/mol. The average Bonchev–Trinajstić information content (AvgIpc) is 3.16. The normalized spacial score (nSPS) is 25.7. The van der Waals surface area contributed by atoms with Gasteiger partial charge in [0.25, 0.3) is 11.8 Å². The maximum Gasteiger partial charge on any atom is 0.279 e. The molecule has 2 aliphatic heterocycles. The van der Waals surface area contributed by atoms with Crippen LogP contribution in [0.1, 0.15) is 23.2 Å². The third-order valence-electron chi connectivity index (χ3n) is 5.17. The number of piperazine rings is 1. The molecule has 1 aromatic rings. The summed E-state index contributed by atoms with van der Waals surface area (Å²) in [5.41, 5.74) is 1.32. The lowest BCUT2D eigenvalue weighted by atomic mass is 10.2. The Balaban J connectivity index is 1.43. The van der Waals surface area contributed by atoms with Gasteiger partial charge in [-0.1, -0.05) is 0 Å². The zero-order valence-corrected chi connectivity index (χ0v) is 15.5. The monoisotopic (exact) mass is 362 g/mol. The third kappa shape index (κ3) is 5.52. The number of likely N-dealkylation sites (N-methyl/N-ethyl adjacent to an activating group) is 1. The molecule has 0 radical (unpaired) electrons. The number of benzene rings is 1. The highest BCUT2D eigenvalue weighted by Crippen LogP contribution is 2.12. The zero-order valence-electron chi connectivity index (χ0n) is 15.5. The Labute approximate surface area is 154 Å². The summed E-state index contributed by atoms with van der Waals surface area (Å²) in [6.45, 7) is 6.11. The van der Waals surface area contributed by atoms with Gasteiger partial charge in [-0.05, 0) is 37.1 Å². The van der Waals surface area contributed by atoms with Crippen molar-refractivity contribution in [3.8, 4) is 0 Å². The maximum absolute atomic E-state index is 12.2. The van der Waals surface area contributed by atoms with E-state index in [4.69, 9.17) is 4.74 Å². The summed E-state index contributed by atoms with van der Waals surface area (Å²) in [6.07, 6.45) is 2.20. The molecule has 0 unspecified atom stereocenters. The molecule has 7 heteroatoms. The Bertz CT molecular complexity index is 606. The molecule has 0 aromatic heterocycles. The van der Waals surface area contributed by atoms with Crippen LogP contribution in [0.4, 0.5) is 5.69 Å². The van der Waals surface area contributed by atoms with Crippen LogP contribution in [0.25, 0.3) is 0 Å². The molecule has 2 aliphatic rings. The fraction of sp³-hybridized carbons (Fsp3) is 0.579. The molecule has 142 valence electrons. The smallest absolute Gasteiger partial charge is 0.279 e. The Kier molecular flexibility index (Phi) is 6.60. The van der Waals surface area contributed by atoms with Crippen molar-refractivity contribution in [3.63, 3.8) is 0 Å². The summed E-state index contributed by atoms with van der Waals surface area (Å²) >= 11 is 0. The van der Waals surface area contributed by atoms with Crippen molar-refractivity contribution in [3.05, 3.63) is 29.8 Å². The van der Waals surface area contributed by atoms with Crippen LogP contribution in [-0.4, -0.2) is 70.8 Å². The number of ether oxygens (including phenoxy) is 1. The van der Waals surface area contributed by atoms with E-state index in [1.54, 1.807) is 24.3 Å². The van der Waals surface area contributed by atoms with Crippen molar-refractivity contribution in [2.45, 2.75) is 18.9 Å². The second-order valence-corrected chi connectivity index (χ2v) is 7.35. The number of amides is 2. The van der Waals surface area contributed by atoms with Gasteiger partial charge in [-0.3, -0.25) is 9.59 Å². The van der Waals surface area contributed by atoms with Crippen LogP contribution in [0.15, 0.2) is 24.3 Å². The van der Waals surface area contributed by atoms with E-state index < -0.39 is 0 Å². The van der Waals surface area contributed by atoms with Gasteiger partial charge in [0.2, 0.25) is 0 Å². The van der Waals surface area contributed by atoms with Gasteiger partial charge in [-0.15, -0.1) is 0 Å². The number of quaternary nitrogens is 2. The second-order valence-electron chi connectivity index (χ2n) is 7.35. The van der Waals surface area contributed by atoms with Crippen LogP contribution in [0, 0.1) is 0 Å². The SMILES string of the molecule is C[NH+]1CC[NH+](CC(=O)Nc2ccc(C(=O)NC[C@H]3CCCO3)cc2)CC1. The Morgan fingerprint density at radius 1 is 1.15 bits per heavy atom. The van der Waals surface area contributed by atoms with Gasteiger partial charge in [0.05, 0.1) is 13.2 Å². The van der Waals surface area contributed by atoms with Gasteiger partial charge in [-0.2, -0.15) is 0 Å². The largest absolute Gasteiger partial charge is 0.376 e. The highest BCUT2D eigenvalue weighted by Gasteiger charge is 2.22. The number of anilines is 1. The second kappa shape index (κ2) is 9.12. The Morgan fingerprint density at radius 2 is 1.88 bits per heavy atom. The van der Waals surface area contributed by atoms with E-state index in [9.17, 15) is 9.59 Å². The molecule has 1 atom stereocenters. The molecule has 1 aromatic carbocycles. The van der Waals surface area contributed by atoms with Gasteiger partial charge < -0.3 is 25.2 Å². The van der Waals surface area contributed by atoms with Crippen molar-refractivity contribution in [2.75, 3.05) is 58.2 Å². The number of rotatable bonds is 6. The molecule has 26 heavy (non-hydrogen) atoms. The first kappa shape index (κ1) is 18.8. The number of carbonyl (C=O) groups excluding carboxylic acids is 2. The zero-order chi connectivity index (χ0) is 18.4. The lowest BCUT2D eigenvalue weighted by Gasteiger charge is -2.26. The molecule has 7 nitrogen and oxygen atoms in total. The van der Waals surface area contributed by atoms with Crippen LogP contribution in [-0.2, 0) is 9.53 Å². The van der Waals surface area contributed by atoms with E-state index in [0.717, 1.165) is 51.3 Å². The molecule has 0 aliphatic carbocycles. The Hall–Kier alpha value is -1.96. The van der Waals surface area contributed by atoms with Crippen LogP contribution in [0.3, 0.4) is 0 Å². The highest BCUT2D eigenvalue weighted by atomic mass is 16.5. The van der Waals surface area contributed by atoms with Gasteiger partial charge in [0.1, 0.15) is 26.2 Å². The number of hydrogen-bond donors (Lipinski definition) is 4. The topological polar surface area (TPSA) is 76.3 Å². The fourth-order valence-corrected chi connectivity index (χ4v) is 3.46. The lowest BCUT2D eigenvalue weighted by molar-refractivity contribution is -0.999. The van der Waals surface area contributed by atoms with Gasteiger partial charge in [-0.25, -0.2) is 0 Å². The van der Waals surface area contributed by atoms with Gasteiger partial charge in [0, 0.05) is 24.4 Å². The van der Waals surface area contributed by atoms with E-state index in [-0.39, 0.29) is 17.9 Å². The highest BCUT2D eigenvalue weighted by molar-refractivity contribution is 5.96. The van der Waals surface area contributed by atoms with Crippen LogP contribution in [0.5, 0.6) is 0 Å². The third-order valence-corrected chi connectivity index (χ3v) is 5.17. The summed E-state index contributed by atoms with van der Waals surface area (Å²) in [5, 5.41) is 5.83. The number of carbonyl (C=O) groups is 2. The Morgan fingerprint density at radius 3 is 2.54 bits per heavy atom. The molecule has 3 rings (SSSR count). The van der Waals surface area contributed by atoms with Crippen molar-refractivity contribution in [1.29, 1.82) is 0 Å². The molecule has 0 bridgehead atoms. The van der Waals surface area contributed by atoms with Crippen molar-refractivity contribution in [1.82, 2.24) is 5.32 Å². The summed E-state index contributed by atoms with van der Waals surface area (Å²) in [6, 6.07) is 7.05. The van der Waals surface area contributed by atoms with Crippen LogP contribution in [0.2, 0.25) is 0 Å². The molecular formula is C19H30N4O3+2. The van der Waals surface area contributed by atoms with E-state index >= 15 is 0 Å². The lowest BCUT2D eigenvalue weighted by Crippen LogP contribution is -3.27. The summed E-state index contributed by atoms with van der Waals surface area (Å²) in [4.78, 5) is 27.2. The predicted octanol–water partition coefficient (Wildman–Crippen LogP) is -2.05.